The molecule has 0 radical (unpaired) electrons. The van der Waals surface area contributed by atoms with Gasteiger partial charge in [0.15, 0.2) is 0 Å². The Morgan fingerprint density at radius 1 is 0.591 bits per heavy atom. The Morgan fingerprint density at radius 2 is 0.955 bits per heavy atom. The summed E-state index contributed by atoms with van der Waals surface area (Å²) in [5, 5.41) is 8.79. The van der Waals surface area contributed by atoms with Crippen LogP contribution < -0.4 is 0 Å². The third kappa shape index (κ3) is 3.11. The van der Waals surface area contributed by atoms with Crippen molar-refractivity contribution in [1.82, 2.24) is 0 Å². The molecule has 0 aromatic carbocycles. The van der Waals surface area contributed by atoms with E-state index >= 15 is 0 Å². The molecule has 1 aliphatic carbocycles. The lowest BCUT2D eigenvalue weighted by molar-refractivity contribution is -0.183. The molecule has 0 fully saturated rings. The summed E-state index contributed by atoms with van der Waals surface area (Å²) in [6, 6.07) is 0. The van der Waals surface area contributed by atoms with Crippen molar-refractivity contribution in [2.24, 2.45) is 5.92 Å². The molecule has 128 valence electrons. The number of aliphatic hydroxyl groups is 1. The van der Waals surface area contributed by atoms with Gasteiger partial charge in [-0.15, -0.1) is 0 Å². The quantitative estimate of drug-likeness (QED) is 0.609. The Bertz CT molecular complexity index is 523. The Balaban J connectivity index is 3.90. The molecule has 0 aliphatic heterocycles. The number of aliphatic hydroxyl groups excluding tert-OH is 1. The number of alkyl halides is 12. The van der Waals surface area contributed by atoms with Gasteiger partial charge in [0.1, 0.15) is 17.3 Å². The summed E-state index contributed by atoms with van der Waals surface area (Å²) in [5.74, 6) is -7.54. The maximum absolute atomic E-state index is 12.5. The fraction of sp³-hybridized carbons (Fsp3) is 0.556. The summed E-state index contributed by atoms with van der Waals surface area (Å²) < 4.78 is 150. The van der Waals surface area contributed by atoms with Gasteiger partial charge in [-0.05, 0) is 0 Å². The normalized spacial score (nSPS) is 21.9. The van der Waals surface area contributed by atoms with Gasteiger partial charge < -0.3 is 5.11 Å². The largest absolute Gasteiger partial charge is 0.511 e. The predicted octanol–water partition coefficient (Wildman–Crippen LogP) is 4.97. The van der Waals surface area contributed by atoms with E-state index in [9.17, 15) is 52.7 Å². The van der Waals surface area contributed by atoms with Crippen molar-refractivity contribution < 1.29 is 57.8 Å². The van der Waals surface area contributed by atoms with Gasteiger partial charge in [-0.2, -0.15) is 52.7 Å². The molecule has 0 heterocycles. The van der Waals surface area contributed by atoms with Crippen molar-refractivity contribution in [1.29, 1.82) is 0 Å². The van der Waals surface area contributed by atoms with E-state index in [-0.39, 0.29) is 0 Å². The van der Waals surface area contributed by atoms with Crippen LogP contribution in [0.4, 0.5) is 52.7 Å². The zero-order valence-electron chi connectivity index (χ0n) is 9.56. The van der Waals surface area contributed by atoms with Gasteiger partial charge in [0.05, 0.1) is 11.1 Å². The third-order valence-corrected chi connectivity index (χ3v) is 2.54. The van der Waals surface area contributed by atoms with Crippen molar-refractivity contribution >= 4 is 0 Å². The highest BCUT2D eigenvalue weighted by molar-refractivity contribution is 5.54. The zero-order valence-corrected chi connectivity index (χ0v) is 9.56. The van der Waals surface area contributed by atoms with E-state index < -0.39 is 53.1 Å². The molecule has 13 heteroatoms. The highest BCUT2D eigenvalue weighted by Gasteiger charge is 2.66. The highest BCUT2D eigenvalue weighted by atomic mass is 19.4. The van der Waals surface area contributed by atoms with Crippen LogP contribution >= 0.6 is 0 Å². The van der Waals surface area contributed by atoms with E-state index in [4.69, 9.17) is 5.11 Å². The second-order valence-electron chi connectivity index (χ2n) is 4.02. The summed E-state index contributed by atoms with van der Waals surface area (Å²) in [5.41, 5.74) is -10.5. The number of rotatable bonds is 0. The Hall–Kier alpha value is -1.56. The van der Waals surface area contributed by atoms with Gasteiger partial charge >= 0.3 is 24.7 Å². The minimum Gasteiger partial charge on any atom is -0.511 e. The van der Waals surface area contributed by atoms with Crippen LogP contribution in [-0.4, -0.2) is 29.8 Å². The number of hydrogen-bond donors (Lipinski definition) is 1. The van der Waals surface area contributed by atoms with Crippen LogP contribution in [0.25, 0.3) is 0 Å². The van der Waals surface area contributed by atoms with Crippen LogP contribution in [0.3, 0.4) is 0 Å². The molecule has 1 atom stereocenters. The number of hydrogen-bond acceptors (Lipinski definition) is 1. The molecular weight excluding hydrogens is 352 g/mol. The lowest BCUT2D eigenvalue weighted by atomic mass is 9.97. The van der Waals surface area contributed by atoms with Crippen molar-refractivity contribution in [2.45, 2.75) is 24.7 Å². The Kier molecular flexibility index (Phi) is 3.96. The first-order valence-electron chi connectivity index (χ1n) is 4.86. The Labute approximate surface area is 112 Å². The van der Waals surface area contributed by atoms with E-state index in [1.54, 1.807) is 0 Å². The predicted molar refractivity (Wildman–Crippen MR) is 44.4 cm³/mol. The first-order chi connectivity index (χ1) is 9.40. The number of allylic oxidation sites excluding steroid dienone is 3. The summed E-state index contributed by atoms with van der Waals surface area (Å²) in [4.78, 5) is 0. The molecule has 0 amide bonds. The fourth-order valence-electron chi connectivity index (χ4n) is 1.89. The molecule has 1 aliphatic rings. The molecule has 0 saturated carbocycles. The maximum Gasteiger partial charge on any atom is 0.420 e. The molecule has 0 spiro atoms. The molecule has 1 unspecified atom stereocenters. The van der Waals surface area contributed by atoms with Gasteiger partial charge in [0, 0.05) is 0 Å². The van der Waals surface area contributed by atoms with Crippen LogP contribution in [0.1, 0.15) is 0 Å². The summed E-state index contributed by atoms with van der Waals surface area (Å²) in [7, 11) is 0. The third-order valence-electron chi connectivity index (χ3n) is 2.54. The lowest BCUT2D eigenvalue weighted by Crippen LogP contribution is -2.33. The van der Waals surface area contributed by atoms with E-state index in [0.29, 0.717) is 0 Å². The van der Waals surface area contributed by atoms with Crippen molar-refractivity contribution in [3.8, 4) is 0 Å². The average Bonchev–Trinajstić information content (AvgIpc) is 2.48. The van der Waals surface area contributed by atoms with E-state index in [0.717, 1.165) is 0 Å². The molecule has 0 saturated heterocycles. The molecule has 22 heavy (non-hydrogen) atoms. The standard InChI is InChI=1S/C9H2F12O/c10-6(11,12)1-2(7(13,14)15)4(9(19,20)21)5(22)3(1)8(16,17)18/h3,22H. The van der Waals surface area contributed by atoms with Gasteiger partial charge in [-0.25, -0.2) is 0 Å². The van der Waals surface area contributed by atoms with Crippen LogP contribution in [0.5, 0.6) is 0 Å². The summed E-state index contributed by atoms with van der Waals surface area (Å²) >= 11 is 0. The second-order valence-corrected chi connectivity index (χ2v) is 4.02. The van der Waals surface area contributed by atoms with Crippen molar-refractivity contribution in [3.05, 3.63) is 22.5 Å². The fourth-order valence-corrected chi connectivity index (χ4v) is 1.89. The highest BCUT2D eigenvalue weighted by Crippen LogP contribution is 2.57. The summed E-state index contributed by atoms with van der Waals surface area (Å²) in [6.07, 6.45) is -25.3. The SMILES string of the molecule is OC1=C(C(F)(F)F)C(C(F)(F)F)=C(C(F)(F)F)C1C(F)(F)F. The van der Waals surface area contributed by atoms with E-state index in [1.807, 2.05) is 0 Å². The first-order valence-corrected chi connectivity index (χ1v) is 4.86. The van der Waals surface area contributed by atoms with Gasteiger partial charge in [0.2, 0.25) is 0 Å². The topological polar surface area (TPSA) is 20.2 Å². The van der Waals surface area contributed by atoms with Gasteiger partial charge in [-0.1, -0.05) is 0 Å². The average molecular weight is 354 g/mol. The smallest absolute Gasteiger partial charge is 0.420 e. The second kappa shape index (κ2) is 4.72. The summed E-state index contributed by atoms with van der Waals surface area (Å²) in [6.45, 7) is 0. The maximum atomic E-state index is 12.5. The monoisotopic (exact) mass is 354 g/mol. The first kappa shape index (κ1) is 18.5. The molecule has 1 nitrogen and oxygen atoms in total. The molecule has 0 bridgehead atoms. The minimum absolute atomic E-state index is 3.08. The number of halogens is 12. The molecule has 1 rings (SSSR count). The van der Waals surface area contributed by atoms with Crippen molar-refractivity contribution in [3.63, 3.8) is 0 Å². The molecule has 0 aromatic rings. The van der Waals surface area contributed by atoms with Gasteiger partial charge in [-0.3, -0.25) is 0 Å². The van der Waals surface area contributed by atoms with Gasteiger partial charge in [0.25, 0.3) is 0 Å². The van der Waals surface area contributed by atoms with Crippen molar-refractivity contribution in [2.75, 3.05) is 0 Å². The zero-order chi connectivity index (χ0) is 17.9. The van der Waals surface area contributed by atoms with E-state index in [1.165, 1.54) is 0 Å². The molecule has 0 aromatic heterocycles. The van der Waals surface area contributed by atoms with E-state index in [2.05, 4.69) is 0 Å². The van der Waals surface area contributed by atoms with Crippen LogP contribution in [-0.2, 0) is 0 Å². The minimum atomic E-state index is -6.41. The van der Waals surface area contributed by atoms with Crippen LogP contribution in [0.2, 0.25) is 0 Å². The molecule has 1 N–H and O–H groups in total. The van der Waals surface area contributed by atoms with Crippen LogP contribution in [0.15, 0.2) is 22.5 Å². The van der Waals surface area contributed by atoms with Crippen LogP contribution in [0, 0.1) is 5.92 Å². The lowest BCUT2D eigenvalue weighted by Gasteiger charge is -2.22. The Morgan fingerprint density at radius 3 is 1.18 bits per heavy atom. The molecular formula is C9H2F12O.